The summed E-state index contributed by atoms with van der Waals surface area (Å²) in [6, 6.07) is 22.8. The molecule has 2 N–H and O–H groups in total. The van der Waals surface area contributed by atoms with Gasteiger partial charge in [-0.25, -0.2) is 9.48 Å². The number of methoxy groups -OCH3 is 1. The van der Waals surface area contributed by atoms with Crippen LogP contribution < -0.4 is 20.9 Å². The Labute approximate surface area is 257 Å². The van der Waals surface area contributed by atoms with Gasteiger partial charge in [-0.3, -0.25) is 14.9 Å². The van der Waals surface area contributed by atoms with Crippen LogP contribution in [0.3, 0.4) is 0 Å². The fourth-order valence-corrected chi connectivity index (χ4v) is 4.53. The van der Waals surface area contributed by atoms with Crippen molar-refractivity contribution in [2.24, 2.45) is 0 Å². The molecule has 0 spiro atoms. The van der Waals surface area contributed by atoms with Crippen molar-refractivity contribution < 1.29 is 19.1 Å². The van der Waals surface area contributed by atoms with Crippen LogP contribution in [0.2, 0.25) is 0 Å². The second kappa shape index (κ2) is 13.6. The van der Waals surface area contributed by atoms with E-state index in [1.54, 1.807) is 69.3 Å². The Morgan fingerprint density at radius 2 is 1.59 bits per heavy atom. The molecule has 230 valence electrons. The monoisotopic (exact) mass is 597 g/mol. The van der Waals surface area contributed by atoms with Crippen LogP contribution in [0.1, 0.15) is 55.2 Å². The molecule has 10 nitrogen and oxygen atoms in total. The van der Waals surface area contributed by atoms with Crippen LogP contribution in [0.15, 0.2) is 83.7 Å². The number of benzene rings is 3. The fourth-order valence-electron chi connectivity index (χ4n) is 4.53. The zero-order valence-electron chi connectivity index (χ0n) is 26.2. The number of rotatable bonds is 9. The van der Waals surface area contributed by atoms with Crippen LogP contribution in [0.5, 0.6) is 5.75 Å². The van der Waals surface area contributed by atoms with Gasteiger partial charge in [0.1, 0.15) is 11.4 Å². The molecule has 4 rings (SSSR count). The summed E-state index contributed by atoms with van der Waals surface area (Å²) in [5, 5.41) is 10.2. The second-order valence-electron chi connectivity index (χ2n) is 11.7. The molecule has 0 unspecified atom stereocenters. The number of carbonyl (C=O) groups is 2. The summed E-state index contributed by atoms with van der Waals surface area (Å²) in [7, 11) is 5.56. The molecule has 10 heteroatoms. The Morgan fingerprint density at radius 3 is 2.20 bits per heavy atom. The van der Waals surface area contributed by atoms with E-state index in [1.165, 1.54) is 23.4 Å². The lowest BCUT2D eigenvalue weighted by molar-refractivity contribution is 0.0635. The van der Waals surface area contributed by atoms with Crippen LogP contribution in [0, 0.1) is 0 Å². The molecule has 4 aromatic rings. The normalized spacial score (nSPS) is 12.0. The third kappa shape index (κ3) is 8.32. The molecule has 3 aromatic carbocycles. The number of hydrogen-bond donors (Lipinski definition) is 2. The van der Waals surface area contributed by atoms with Gasteiger partial charge >= 0.3 is 6.09 Å². The summed E-state index contributed by atoms with van der Waals surface area (Å²) in [6.45, 7) is 8.02. The van der Waals surface area contributed by atoms with Crippen molar-refractivity contribution in [3.8, 4) is 17.0 Å². The molecule has 1 heterocycles. The molecule has 0 saturated carbocycles. The van der Waals surface area contributed by atoms with Gasteiger partial charge in [0.05, 0.1) is 30.2 Å². The topological polar surface area (TPSA) is 115 Å². The van der Waals surface area contributed by atoms with Crippen LogP contribution in [0.4, 0.5) is 16.2 Å². The highest BCUT2D eigenvalue weighted by molar-refractivity contribution is 6.07. The van der Waals surface area contributed by atoms with Crippen molar-refractivity contribution in [2.75, 3.05) is 31.8 Å². The highest BCUT2D eigenvalue weighted by Gasteiger charge is 2.19. The van der Waals surface area contributed by atoms with Crippen LogP contribution in [0.25, 0.3) is 11.3 Å². The van der Waals surface area contributed by atoms with Crippen molar-refractivity contribution in [3.05, 3.63) is 106 Å². The maximum absolute atomic E-state index is 13.2. The Morgan fingerprint density at radius 1 is 0.909 bits per heavy atom. The smallest absolute Gasteiger partial charge is 0.412 e. The Kier molecular flexibility index (Phi) is 9.85. The van der Waals surface area contributed by atoms with Crippen molar-refractivity contribution >= 4 is 23.4 Å². The van der Waals surface area contributed by atoms with Gasteiger partial charge in [0.2, 0.25) is 0 Å². The molecule has 2 amide bonds. The van der Waals surface area contributed by atoms with E-state index in [1.807, 2.05) is 33.2 Å². The molecule has 1 atom stereocenters. The van der Waals surface area contributed by atoms with Gasteiger partial charge in [0.25, 0.3) is 11.5 Å². The van der Waals surface area contributed by atoms with E-state index in [9.17, 15) is 14.4 Å². The standard InChI is InChI=1S/C34H39N5O5/c1-22(39-31(40)19-18-28(37-39)25-10-8-23(9-11-25)21-38(5)6)24-12-14-26(15-13-24)32(41)35-30-20-27(43-7)16-17-29(30)36-33(42)44-34(2,3)4/h8-20,22H,21H2,1-7H3,(H,35,41)(H,36,42)/t22-/m0/s1. The Hall–Kier alpha value is -4.96. The minimum atomic E-state index is -0.682. The van der Waals surface area contributed by atoms with E-state index in [2.05, 4.69) is 32.8 Å². The maximum Gasteiger partial charge on any atom is 0.412 e. The van der Waals surface area contributed by atoms with Gasteiger partial charge in [0.15, 0.2) is 0 Å². The van der Waals surface area contributed by atoms with Gasteiger partial charge in [-0.15, -0.1) is 0 Å². The average molecular weight is 598 g/mol. The lowest BCUT2D eigenvalue weighted by Crippen LogP contribution is -2.27. The number of amides is 2. The van der Waals surface area contributed by atoms with Gasteiger partial charge in [-0.1, -0.05) is 36.4 Å². The Balaban J connectivity index is 1.51. The number of nitrogens with one attached hydrogen (secondary N) is 2. The SMILES string of the molecule is COc1ccc(NC(=O)OC(C)(C)C)c(NC(=O)c2ccc([C@H](C)n3nc(-c4ccc(CN(C)C)cc4)ccc3=O)cc2)c1. The summed E-state index contributed by atoms with van der Waals surface area (Å²) < 4.78 is 12.1. The summed E-state index contributed by atoms with van der Waals surface area (Å²) in [4.78, 5) is 40.5. The van der Waals surface area contributed by atoms with E-state index in [-0.39, 0.29) is 17.5 Å². The quantitative estimate of drug-likeness (QED) is 0.236. The van der Waals surface area contributed by atoms with E-state index in [0.29, 0.717) is 28.4 Å². The van der Waals surface area contributed by atoms with Crippen LogP contribution in [-0.4, -0.2) is 53.5 Å². The van der Waals surface area contributed by atoms with Crippen molar-refractivity contribution in [3.63, 3.8) is 0 Å². The average Bonchev–Trinajstić information content (AvgIpc) is 2.97. The molecule has 0 aliphatic rings. The molecule has 1 aromatic heterocycles. The van der Waals surface area contributed by atoms with E-state index >= 15 is 0 Å². The summed E-state index contributed by atoms with van der Waals surface area (Å²) in [5.41, 5.74) is 3.79. The number of ether oxygens (including phenoxy) is 2. The third-order valence-corrected chi connectivity index (χ3v) is 6.71. The molecule has 44 heavy (non-hydrogen) atoms. The molecule has 0 saturated heterocycles. The third-order valence-electron chi connectivity index (χ3n) is 6.71. The maximum atomic E-state index is 13.2. The van der Waals surface area contributed by atoms with Crippen LogP contribution in [-0.2, 0) is 11.3 Å². The predicted molar refractivity (Wildman–Crippen MR) is 172 cm³/mol. The first-order chi connectivity index (χ1) is 20.8. The van der Waals surface area contributed by atoms with E-state index in [4.69, 9.17) is 9.47 Å². The zero-order chi connectivity index (χ0) is 32.0. The van der Waals surface area contributed by atoms with Gasteiger partial charge in [0, 0.05) is 29.8 Å². The first-order valence-corrected chi connectivity index (χ1v) is 14.3. The largest absolute Gasteiger partial charge is 0.497 e. The second-order valence-corrected chi connectivity index (χ2v) is 11.7. The summed E-state index contributed by atoms with van der Waals surface area (Å²) in [5.74, 6) is 0.114. The van der Waals surface area contributed by atoms with Crippen LogP contribution >= 0.6 is 0 Å². The summed E-state index contributed by atoms with van der Waals surface area (Å²) >= 11 is 0. The van der Waals surface area contributed by atoms with Crippen molar-refractivity contribution in [1.29, 1.82) is 0 Å². The molecule has 0 bridgehead atoms. The molecule has 0 fully saturated rings. The Bertz CT molecular complexity index is 1670. The van der Waals surface area contributed by atoms with Gasteiger partial charge < -0.3 is 19.7 Å². The zero-order valence-corrected chi connectivity index (χ0v) is 26.2. The van der Waals surface area contributed by atoms with E-state index in [0.717, 1.165) is 17.7 Å². The van der Waals surface area contributed by atoms with Crippen molar-refractivity contribution in [2.45, 2.75) is 45.9 Å². The highest BCUT2D eigenvalue weighted by Crippen LogP contribution is 2.29. The lowest BCUT2D eigenvalue weighted by Gasteiger charge is -2.21. The van der Waals surface area contributed by atoms with Gasteiger partial charge in [-0.2, -0.15) is 5.10 Å². The number of nitrogens with zero attached hydrogens (tertiary/aromatic N) is 3. The number of anilines is 2. The first kappa shape index (κ1) is 32.0. The molecular formula is C34H39N5O5. The fraction of sp³-hybridized carbons (Fsp3) is 0.294. The van der Waals surface area contributed by atoms with Gasteiger partial charge in [-0.05, 0) is 83.2 Å². The molecule has 0 aliphatic heterocycles. The molecule has 0 aliphatic carbocycles. The highest BCUT2D eigenvalue weighted by atomic mass is 16.6. The lowest BCUT2D eigenvalue weighted by atomic mass is 10.1. The first-order valence-electron chi connectivity index (χ1n) is 14.3. The number of aromatic nitrogens is 2. The van der Waals surface area contributed by atoms with E-state index < -0.39 is 11.7 Å². The summed E-state index contributed by atoms with van der Waals surface area (Å²) in [6.07, 6.45) is -0.647. The number of hydrogen-bond acceptors (Lipinski definition) is 7. The predicted octanol–water partition coefficient (Wildman–Crippen LogP) is 6.19. The number of carbonyl (C=O) groups excluding carboxylic acids is 2. The molecular weight excluding hydrogens is 558 g/mol. The minimum Gasteiger partial charge on any atom is -0.497 e. The van der Waals surface area contributed by atoms with Crippen molar-refractivity contribution in [1.82, 2.24) is 14.7 Å². The molecule has 0 radical (unpaired) electrons. The minimum absolute atomic E-state index is 0.227.